The van der Waals surface area contributed by atoms with E-state index in [-0.39, 0.29) is 18.5 Å². The highest BCUT2D eigenvalue weighted by atomic mass is 32.2. The Morgan fingerprint density at radius 1 is 1.21 bits per heavy atom. The van der Waals surface area contributed by atoms with Crippen molar-refractivity contribution in [3.05, 3.63) is 29.6 Å². The van der Waals surface area contributed by atoms with E-state index in [0.29, 0.717) is 24.9 Å². The highest BCUT2D eigenvalue weighted by molar-refractivity contribution is 7.90. The first-order valence-electron chi connectivity index (χ1n) is 8.69. The molecule has 1 atom stereocenters. The Morgan fingerprint density at radius 3 is 2.62 bits per heavy atom. The fraction of sp³-hybridized carbons (Fsp3) is 0.647. The number of nitrogens with zero attached hydrogens (tertiary/aromatic N) is 2. The monoisotopic (exact) mass is 351 g/mol. The summed E-state index contributed by atoms with van der Waals surface area (Å²) in [6.07, 6.45) is 6.89. The fourth-order valence-corrected chi connectivity index (χ4v) is 5.27. The number of nitrogens with one attached hydrogen (secondary N) is 1. The molecule has 2 heterocycles. The van der Waals surface area contributed by atoms with Crippen molar-refractivity contribution in [1.82, 2.24) is 14.6 Å². The van der Waals surface area contributed by atoms with E-state index in [9.17, 15) is 13.2 Å². The maximum Gasteiger partial charge on any atom is 0.255 e. The van der Waals surface area contributed by atoms with Crippen LogP contribution in [0.4, 0.5) is 0 Å². The zero-order chi connectivity index (χ0) is 17.2. The maximum absolute atomic E-state index is 12.6. The molecule has 1 aliphatic heterocycles. The summed E-state index contributed by atoms with van der Waals surface area (Å²) in [5.41, 5.74) is 1.37. The summed E-state index contributed by atoms with van der Waals surface area (Å²) in [5, 5.41) is -0.519. The van der Waals surface area contributed by atoms with Gasteiger partial charge in [-0.15, -0.1) is 0 Å². The van der Waals surface area contributed by atoms with Crippen molar-refractivity contribution < 1.29 is 13.2 Å². The molecule has 0 spiro atoms. The van der Waals surface area contributed by atoms with Crippen LogP contribution in [0.1, 0.15) is 54.6 Å². The standard InChI is InChI=1S/C17H25N3O3S/c1-13-8-9-14(11-18-13)17(21)20-10-4-7-16(12-20)24(22,23)19-15-5-2-3-6-15/h8-9,11,15-16,19H,2-7,10,12H2,1H3. The number of carbonyl (C=O) groups excluding carboxylic acids is 1. The lowest BCUT2D eigenvalue weighted by molar-refractivity contribution is 0.0726. The van der Waals surface area contributed by atoms with Gasteiger partial charge in [-0.1, -0.05) is 12.8 Å². The Labute approximate surface area is 143 Å². The molecule has 132 valence electrons. The van der Waals surface area contributed by atoms with Crippen molar-refractivity contribution in [3.8, 4) is 0 Å². The van der Waals surface area contributed by atoms with Crippen LogP contribution in [-0.4, -0.2) is 48.6 Å². The van der Waals surface area contributed by atoms with E-state index in [0.717, 1.165) is 31.4 Å². The van der Waals surface area contributed by atoms with Gasteiger partial charge in [0.15, 0.2) is 0 Å². The van der Waals surface area contributed by atoms with Gasteiger partial charge < -0.3 is 4.90 Å². The summed E-state index contributed by atoms with van der Waals surface area (Å²) in [6.45, 7) is 2.73. The largest absolute Gasteiger partial charge is 0.337 e. The predicted molar refractivity (Wildman–Crippen MR) is 92.2 cm³/mol. The minimum absolute atomic E-state index is 0.0716. The maximum atomic E-state index is 12.6. The van der Waals surface area contributed by atoms with Gasteiger partial charge in [-0.25, -0.2) is 13.1 Å². The van der Waals surface area contributed by atoms with Gasteiger partial charge in [-0.05, 0) is 44.7 Å². The van der Waals surface area contributed by atoms with Crippen molar-refractivity contribution in [2.75, 3.05) is 13.1 Å². The molecular formula is C17H25N3O3S. The smallest absolute Gasteiger partial charge is 0.255 e. The number of likely N-dealkylation sites (tertiary alicyclic amines) is 1. The van der Waals surface area contributed by atoms with Gasteiger partial charge in [0.25, 0.3) is 5.91 Å². The number of sulfonamides is 1. The molecule has 1 amide bonds. The van der Waals surface area contributed by atoms with Gasteiger partial charge in [-0.3, -0.25) is 9.78 Å². The molecule has 2 fully saturated rings. The van der Waals surface area contributed by atoms with Crippen LogP contribution in [0.5, 0.6) is 0 Å². The van der Waals surface area contributed by atoms with E-state index < -0.39 is 15.3 Å². The number of piperidine rings is 1. The quantitative estimate of drug-likeness (QED) is 0.898. The minimum Gasteiger partial charge on any atom is -0.337 e. The molecule has 1 N–H and O–H groups in total. The first-order valence-corrected chi connectivity index (χ1v) is 10.2. The Balaban J connectivity index is 1.67. The zero-order valence-corrected chi connectivity index (χ0v) is 14.9. The molecule has 7 heteroatoms. The van der Waals surface area contributed by atoms with Gasteiger partial charge >= 0.3 is 0 Å². The number of hydrogen-bond donors (Lipinski definition) is 1. The summed E-state index contributed by atoms with van der Waals surface area (Å²) in [7, 11) is -3.38. The molecule has 0 radical (unpaired) electrons. The second kappa shape index (κ2) is 7.19. The molecule has 1 saturated carbocycles. The van der Waals surface area contributed by atoms with E-state index in [2.05, 4.69) is 9.71 Å². The van der Waals surface area contributed by atoms with E-state index >= 15 is 0 Å². The highest BCUT2D eigenvalue weighted by Crippen LogP contribution is 2.23. The molecule has 2 aliphatic rings. The second-order valence-electron chi connectivity index (χ2n) is 6.85. The number of pyridine rings is 1. The Kier molecular flexibility index (Phi) is 5.20. The lowest BCUT2D eigenvalue weighted by atomic mass is 10.1. The third-order valence-electron chi connectivity index (χ3n) is 4.95. The van der Waals surface area contributed by atoms with Crippen LogP contribution in [0.25, 0.3) is 0 Å². The number of aromatic nitrogens is 1. The van der Waals surface area contributed by atoms with Crippen molar-refractivity contribution in [1.29, 1.82) is 0 Å². The van der Waals surface area contributed by atoms with Crippen molar-refractivity contribution in [3.63, 3.8) is 0 Å². The Hall–Kier alpha value is -1.47. The highest BCUT2D eigenvalue weighted by Gasteiger charge is 2.34. The fourth-order valence-electron chi connectivity index (χ4n) is 3.53. The molecule has 0 aromatic carbocycles. The molecule has 6 nitrogen and oxygen atoms in total. The van der Waals surface area contributed by atoms with Gasteiger partial charge in [0.2, 0.25) is 10.0 Å². The van der Waals surface area contributed by atoms with Crippen LogP contribution in [0.2, 0.25) is 0 Å². The normalized spacial score (nSPS) is 22.7. The summed E-state index contributed by atoms with van der Waals surface area (Å²) >= 11 is 0. The minimum atomic E-state index is -3.38. The molecule has 1 aromatic rings. The van der Waals surface area contributed by atoms with Gasteiger partial charge in [0.05, 0.1) is 10.8 Å². The SMILES string of the molecule is Cc1ccc(C(=O)N2CCCC(S(=O)(=O)NC3CCCC3)C2)cn1. The van der Waals surface area contributed by atoms with Crippen molar-refractivity contribution >= 4 is 15.9 Å². The number of hydrogen-bond acceptors (Lipinski definition) is 4. The van der Waals surface area contributed by atoms with Gasteiger partial charge in [0.1, 0.15) is 0 Å². The molecule has 1 aliphatic carbocycles. The summed E-state index contributed by atoms with van der Waals surface area (Å²) < 4.78 is 28.1. The Bertz CT molecular complexity index is 682. The van der Waals surface area contributed by atoms with Crippen LogP contribution in [0.3, 0.4) is 0 Å². The lowest BCUT2D eigenvalue weighted by Gasteiger charge is -2.33. The molecular weight excluding hydrogens is 326 g/mol. The van der Waals surface area contributed by atoms with Gasteiger partial charge in [-0.2, -0.15) is 0 Å². The lowest BCUT2D eigenvalue weighted by Crippen LogP contribution is -2.49. The van der Waals surface area contributed by atoms with E-state index in [1.807, 2.05) is 6.92 Å². The van der Waals surface area contributed by atoms with Gasteiger partial charge in [0, 0.05) is 31.0 Å². The average Bonchev–Trinajstić information content (AvgIpc) is 3.07. The molecule has 3 rings (SSSR count). The molecule has 1 saturated heterocycles. The summed E-state index contributed by atoms with van der Waals surface area (Å²) in [6, 6.07) is 3.62. The van der Waals surface area contributed by atoms with E-state index in [1.165, 1.54) is 0 Å². The topological polar surface area (TPSA) is 79.4 Å². The van der Waals surface area contributed by atoms with Crippen molar-refractivity contribution in [2.24, 2.45) is 0 Å². The predicted octanol–water partition coefficient (Wildman–Crippen LogP) is 1.86. The van der Waals surface area contributed by atoms with Crippen LogP contribution in [0.15, 0.2) is 18.3 Å². The van der Waals surface area contributed by atoms with E-state index in [1.54, 1.807) is 23.2 Å². The van der Waals surface area contributed by atoms with Crippen LogP contribution < -0.4 is 4.72 Å². The molecule has 24 heavy (non-hydrogen) atoms. The number of carbonyl (C=O) groups is 1. The Morgan fingerprint density at radius 2 is 1.96 bits per heavy atom. The van der Waals surface area contributed by atoms with E-state index in [4.69, 9.17) is 0 Å². The number of amides is 1. The first-order chi connectivity index (χ1) is 11.5. The number of aryl methyl sites for hydroxylation is 1. The van der Waals surface area contributed by atoms with Crippen LogP contribution in [-0.2, 0) is 10.0 Å². The third kappa shape index (κ3) is 3.95. The van der Waals surface area contributed by atoms with Crippen LogP contribution >= 0.6 is 0 Å². The number of rotatable bonds is 4. The molecule has 0 bridgehead atoms. The zero-order valence-electron chi connectivity index (χ0n) is 14.1. The molecule has 1 aromatic heterocycles. The summed E-state index contributed by atoms with van der Waals surface area (Å²) in [4.78, 5) is 18.4. The van der Waals surface area contributed by atoms with Crippen LogP contribution in [0, 0.1) is 6.92 Å². The molecule has 1 unspecified atom stereocenters. The first kappa shape index (κ1) is 17.4. The third-order valence-corrected chi connectivity index (χ3v) is 6.87. The average molecular weight is 351 g/mol. The second-order valence-corrected chi connectivity index (χ2v) is 8.84. The van der Waals surface area contributed by atoms with Crippen molar-refractivity contribution in [2.45, 2.75) is 56.7 Å². The summed E-state index contributed by atoms with van der Waals surface area (Å²) in [5.74, 6) is -0.136.